The molecule has 5 heteroatoms. The van der Waals surface area contributed by atoms with Gasteiger partial charge in [-0.15, -0.1) is 0 Å². The molecule has 0 radical (unpaired) electrons. The van der Waals surface area contributed by atoms with Gasteiger partial charge in [-0.3, -0.25) is 9.59 Å². The maximum Gasteiger partial charge on any atom is 0.325 e. The molecule has 0 heterocycles. The Kier molecular flexibility index (Phi) is 5.06. The maximum absolute atomic E-state index is 11.1. The fourth-order valence-corrected chi connectivity index (χ4v) is 0.762. The third kappa shape index (κ3) is 5.19. The molecular formula is C8H16N2O3. The van der Waals surface area contributed by atoms with E-state index in [4.69, 9.17) is 10.8 Å². The predicted molar refractivity (Wildman–Crippen MR) is 48.1 cm³/mol. The van der Waals surface area contributed by atoms with Crippen molar-refractivity contribution in [2.45, 2.75) is 26.3 Å². The highest BCUT2D eigenvalue weighted by molar-refractivity contribution is 5.83. The first-order valence-corrected chi connectivity index (χ1v) is 4.19. The van der Waals surface area contributed by atoms with Gasteiger partial charge >= 0.3 is 5.97 Å². The second kappa shape index (κ2) is 5.53. The van der Waals surface area contributed by atoms with Crippen LogP contribution in [0.2, 0.25) is 0 Å². The van der Waals surface area contributed by atoms with Crippen LogP contribution in [-0.4, -0.2) is 29.6 Å². The summed E-state index contributed by atoms with van der Waals surface area (Å²) in [4.78, 5) is 21.4. The summed E-state index contributed by atoms with van der Waals surface area (Å²) in [6.07, 6.45) is 0.272. The third-order valence-electron chi connectivity index (χ3n) is 1.68. The Labute approximate surface area is 77.3 Å². The van der Waals surface area contributed by atoms with Crippen molar-refractivity contribution in [1.29, 1.82) is 0 Å². The van der Waals surface area contributed by atoms with Crippen molar-refractivity contribution >= 4 is 11.9 Å². The van der Waals surface area contributed by atoms with Gasteiger partial charge in [0.15, 0.2) is 0 Å². The summed E-state index contributed by atoms with van der Waals surface area (Å²) in [5, 5.41) is 10.8. The number of rotatable bonds is 5. The molecule has 0 bridgehead atoms. The fourth-order valence-electron chi connectivity index (χ4n) is 0.762. The molecule has 0 fully saturated rings. The monoisotopic (exact) mass is 188 g/mol. The molecule has 0 aromatic heterocycles. The van der Waals surface area contributed by atoms with E-state index in [0.29, 0.717) is 6.54 Å². The Morgan fingerprint density at radius 1 is 1.46 bits per heavy atom. The standard InChI is InChI=1S/C8H16N2O3/c1-5(4-9)3-7(11)10-6(2)8(12)13/h5-6H,3-4,9H2,1-2H3,(H,10,11)(H,12,13)/t5?,6-/m1/s1. The molecule has 0 aromatic carbocycles. The number of carbonyl (C=O) groups is 2. The number of carboxylic acids is 1. The van der Waals surface area contributed by atoms with Gasteiger partial charge in [-0.2, -0.15) is 0 Å². The average Bonchev–Trinajstić information content (AvgIpc) is 2.03. The van der Waals surface area contributed by atoms with Crippen LogP contribution in [0.1, 0.15) is 20.3 Å². The molecular weight excluding hydrogens is 172 g/mol. The molecule has 13 heavy (non-hydrogen) atoms. The summed E-state index contributed by atoms with van der Waals surface area (Å²) in [7, 11) is 0. The molecule has 76 valence electrons. The highest BCUT2D eigenvalue weighted by Crippen LogP contribution is 1.98. The lowest BCUT2D eigenvalue weighted by atomic mass is 10.1. The molecule has 1 amide bonds. The van der Waals surface area contributed by atoms with Crippen LogP contribution in [0, 0.1) is 5.92 Å². The zero-order valence-electron chi connectivity index (χ0n) is 7.91. The van der Waals surface area contributed by atoms with E-state index in [1.165, 1.54) is 6.92 Å². The highest BCUT2D eigenvalue weighted by Gasteiger charge is 2.15. The van der Waals surface area contributed by atoms with Crippen molar-refractivity contribution in [3.8, 4) is 0 Å². The Balaban J connectivity index is 3.81. The summed E-state index contributed by atoms with van der Waals surface area (Å²) >= 11 is 0. The van der Waals surface area contributed by atoms with Gasteiger partial charge in [0.05, 0.1) is 0 Å². The van der Waals surface area contributed by atoms with Crippen molar-refractivity contribution < 1.29 is 14.7 Å². The normalized spacial score (nSPS) is 14.7. The molecule has 0 aliphatic carbocycles. The molecule has 1 unspecified atom stereocenters. The highest BCUT2D eigenvalue weighted by atomic mass is 16.4. The minimum Gasteiger partial charge on any atom is -0.480 e. The number of hydrogen-bond acceptors (Lipinski definition) is 3. The van der Waals surface area contributed by atoms with Crippen molar-refractivity contribution in [2.24, 2.45) is 11.7 Å². The van der Waals surface area contributed by atoms with Gasteiger partial charge in [-0.25, -0.2) is 0 Å². The number of aliphatic carboxylic acids is 1. The van der Waals surface area contributed by atoms with Crippen molar-refractivity contribution in [1.82, 2.24) is 5.32 Å². The first-order valence-electron chi connectivity index (χ1n) is 4.19. The fraction of sp³-hybridized carbons (Fsp3) is 0.750. The van der Waals surface area contributed by atoms with Crippen LogP contribution < -0.4 is 11.1 Å². The third-order valence-corrected chi connectivity index (χ3v) is 1.68. The van der Waals surface area contributed by atoms with E-state index in [-0.39, 0.29) is 18.2 Å². The first-order chi connectivity index (χ1) is 5.97. The molecule has 4 N–H and O–H groups in total. The average molecular weight is 188 g/mol. The molecule has 0 saturated carbocycles. The second-order valence-electron chi connectivity index (χ2n) is 3.17. The van der Waals surface area contributed by atoms with E-state index < -0.39 is 12.0 Å². The Hall–Kier alpha value is -1.10. The topological polar surface area (TPSA) is 92.4 Å². The molecule has 0 aromatic rings. The van der Waals surface area contributed by atoms with E-state index in [1.807, 2.05) is 6.92 Å². The van der Waals surface area contributed by atoms with Crippen LogP contribution >= 0.6 is 0 Å². The van der Waals surface area contributed by atoms with E-state index in [9.17, 15) is 9.59 Å². The second-order valence-corrected chi connectivity index (χ2v) is 3.17. The van der Waals surface area contributed by atoms with Gasteiger partial charge < -0.3 is 16.2 Å². The molecule has 0 saturated heterocycles. The lowest BCUT2D eigenvalue weighted by Gasteiger charge is -2.11. The number of carboxylic acid groups (broad SMARTS) is 1. The van der Waals surface area contributed by atoms with Crippen LogP contribution in [0.5, 0.6) is 0 Å². The number of nitrogens with two attached hydrogens (primary N) is 1. The van der Waals surface area contributed by atoms with E-state index >= 15 is 0 Å². The van der Waals surface area contributed by atoms with Crippen LogP contribution in [0.15, 0.2) is 0 Å². The summed E-state index contributed by atoms with van der Waals surface area (Å²) in [5.74, 6) is -1.22. The number of carbonyl (C=O) groups excluding carboxylic acids is 1. The van der Waals surface area contributed by atoms with E-state index in [2.05, 4.69) is 5.32 Å². The molecule has 0 spiro atoms. The number of hydrogen-bond donors (Lipinski definition) is 3. The Morgan fingerprint density at radius 2 is 2.00 bits per heavy atom. The van der Waals surface area contributed by atoms with Crippen LogP contribution in [-0.2, 0) is 9.59 Å². The molecule has 5 nitrogen and oxygen atoms in total. The van der Waals surface area contributed by atoms with Crippen LogP contribution in [0.3, 0.4) is 0 Å². The van der Waals surface area contributed by atoms with E-state index in [1.54, 1.807) is 0 Å². The zero-order valence-corrected chi connectivity index (χ0v) is 7.91. The SMILES string of the molecule is CC(CN)CC(=O)N[C@H](C)C(=O)O. The summed E-state index contributed by atoms with van der Waals surface area (Å²) in [6.45, 7) is 3.69. The Bertz CT molecular complexity index is 194. The molecule has 2 atom stereocenters. The maximum atomic E-state index is 11.1. The van der Waals surface area contributed by atoms with Gasteiger partial charge in [0, 0.05) is 6.42 Å². The van der Waals surface area contributed by atoms with Crippen molar-refractivity contribution in [2.75, 3.05) is 6.54 Å². The predicted octanol–water partition coefficient (Wildman–Crippen LogP) is -0.439. The van der Waals surface area contributed by atoms with Crippen LogP contribution in [0.25, 0.3) is 0 Å². The lowest BCUT2D eigenvalue weighted by molar-refractivity contribution is -0.141. The van der Waals surface area contributed by atoms with E-state index in [0.717, 1.165) is 0 Å². The van der Waals surface area contributed by atoms with Crippen molar-refractivity contribution in [3.63, 3.8) is 0 Å². The minimum atomic E-state index is -1.03. The van der Waals surface area contributed by atoms with Crippen molar-refractivity contribution in [3.05, 3.63) is 0 Å². The van der Waals surface area contributed by atoms with Gasteiger partial charge in [0.25, 0.3) is 0 Å². The van der Waals surface area contributed by atoms with Gasteiger partial charge in [-0.05, 0) is 19.4 Å². The lowest BCUT2D eigenvalue weighted by Crippen LogP contribution is -2.39. The smallest absolute Gasteiger partial charge is 0.325 e. The Morgan fingerprint density at radius 3 is 2.38 bits per heavy atom. The van der Waals surface area contributed by atoms with Crippen LogP contribution in [0.4, 0.5) is 0 Å². The summed E-state index contributed by atoms with van der Waals surface area (Å²) in [6, 6.07) is -0.836. The number of nitrogens with one attached hydrogen (secondary N) is 1. The zero-order chi connectivity index (χ0) is 10.4. The largest absolute Gasteiger partial charge is 0.480 e. The first kappa shape index (κ1) is 11.9. The molecule has 0 aliphatic rings. The number of amides is 1. The molecule has 0 aliphatic heterocycles. The van der Waals surface area contributed by atoms with Gasteiger partial charge in [-0.1, -0.05) is 6.92 Å². The quantitative estimate of drug-likeness (QED) is 0.545. The summed E-state index contributed by atoms with van der Waals surface area (Å²) in [5.41, 5.74) is 5.31. The molecule has 0 rings (SSSR count). The van der Waals surface area contributed by atoms with Gasteiger partial charge in [0.2, 0.25) is 5.91 Å². The summed E-state index contributed by atoms with van der Waals surface area (Å²) < 4.78 is 0. The van der Waals surface area contributed by atoms with Gasteiger partial charge in [0.1, 0.15) is 6.04 Å². The minimum absolute atomic E-state index is 0.0843.